The van der Waals surface area contributed by atoms with E-state index in [-0.39, 0.29) is 36.1 Å². The van der Waals surface area contributed by atoms with Gasteiger partial charge in [-0.3, -0.25) is 0 Å². The van der Waals surface area contributed by atoms with Gasteiger partial charge in [-0.25, -0.2) is 9.38 Å². The van der Waals surface area contributed by atoms with Crippen LogP contribution >= 0.6 is 24.0 Å². The zero-order valence-corrected chi connectivity index (χ0v) is 20.5. The molecule has 0 aliphatic rings. The average Bonchev–Trinajstić information content (AvgIpc) is 2.72. The lowest BCUT2D eigenvalue weighted by Gasteiger charge is -2.23. The first-order chi connectivity index (χ1) is 13.9. The van der Waals surface area contributed by atoms with Crippen molar-refractivity contribution in [1.82, 2.24) is 10.2 Å². The van der Waals surface area contributed by atoms with Crippen LogP contribution in [0.3, 0.4) is 0 Å². The fourth-order valence-electron chi connectivity index (χ4n) is 3.01. The number of aryl methyl sites for hydroxylation is 1. The van der Waals surface area contributed by atoms with Gasteiger partial charge in [0.15, 0.2) is 17.5 Å². The van der Waals surface area contributed by atoms with Crippen molar-refractivity contribution in [3.8, 4) is 11.5 Å². The van der Waals surface area contributed by atoms with Gasteiger partial charge < -0.3 is 24.8 Å². The zero-order chi connectivity index (χ0) is 21.4. The molecule has 8 heteroatoms. The third-order valence-corrected chi connectivity index (χ3v) is 4.64. The molecule has 0 heterocycles. The van der Waals surface area contributed by atoms with Crippen LogP contribution in [0.5, 0.6) is 11.5 Å². The van der Waals surface area contributed by atoms with Gasteiger partial charge in [0.1, 0.15) is 5.82 Å². The van der Waals surface area contributed by atoms with E-state index >= 15 is 0 Å². The van der Waals surface area contributed by atoms with Crippen molar-refractivity contribution in [2.75, 3.05) is 27.8 Å². The summed E-state index contributed by atoms with van der Waals surface area (Å²) in [7, 11) is 5.20. The van der Waals surface area contributed by atoms with Gasteiger partial charge in [-0.15, -0.1) is 24.0 Å². The average molecular weight is 531 g/mol. The van der Waals surface area contributed by atoms with Crippen molar-refractivity contribution in [2.24, 2.45) is 4.99 Å². The molecule has 0 amide bonds. The molecule has 166 valence electrons. The molecular weight excluding hydrogens is 500 g/mol. The second-order valence-electron chi connectivity index (χ2n) is 6.74. The number of rotatable bonds is 8. The van der Waals surface area contributed by atoms with Crippen molar-refractivity contribution >= 4 is 29.9 Å². The summed E-state index contributed by atoms with van der Waals surface area (Å²) >= 11 is 0. The third kappa shape index (κ3) is 6.73. The molecule has 0 spiro atoms. The lowest BCUT2D eigenvalue weighted by atomic mass is 10.1. The maximum atomic E-state index is 13.6. The Bertz CT molecular complexity index is 862. The summed E-state index contributed by atoms with van der Waals surface area (Å²) in [5.41, 5.74) is 3.30. The standard InChI is InChI=1S/C22H30FN3O3.HI/c1-6-24-22(25-12-16-7-8-19(23)18(10-16)14-27)26(3)13-17-11-21(29-5)20(28-4)9-15(17)2;/h7-11,27H,6,12-14H2,1-5H3,(H,24,25);1H. The highest BCUT2D eigenvalue weighted by atomic mass is 127. The number of aliphatic hydroxyl groups excluding tert-OH is 1. The number of nitrogens with one attached hydrogen (secondary N) is 1. The fraction of sp³-hybridized carbons (Fsp3) is 0.409. The van der Waals surface area contributed by atoms with Crippen LogP contribution in [0.15, 0.2) is 35.3 Å². The Balaban J connectivity index is 0.00000450. The highest BCUT2D eigenvalue weighted by Gasteiger charge is 2.13. The zero-order valence-electron chi connectivity index (χ0n) is 18.2. The monoisotopic (exact) mass is 531 g/mol. The highest BCUT2D eigenvalue weighted by molar-refractivity contribution is 14.0. The molecular formula is C22H31FIN3O3. The van der Waals surface area contributed by atoms with E-state index in [1.54, 1.807) is 26.4 Å². The van der Waals surface area contributed by atoms with Gasteiger partial charge in [-0.2, -0.15) is 0 Å². The topological polar surface area (TPSA) is 66.3 Å². The second kappa shape index (κ2) is 12.6. The van der Waals surface area contributed by atoms with Crippen molar-refractivity contribution < 1.29 is 19.0 Å². The van der Waals surface area contributed by atoms with Gasteiger partial charge in [-0.1, -0.05) is 6.07 Å². The maximum Gasteiger partial charge on any atom is 0.194 e. The molecule has 0 saturated heterocycles. The lowest BCUT2D eigenvalue weighted by molar-refractivity contribution is 0.275. The Labute approximate surface area is 195 Å². The SMILES string of the molecule is CCNC(=NCc1ccc(F)c(CO)c1)N(C)Cc1cc(OC)c(OC)cc1C.I. The van der Waals surface area contributed by atoms with Crippen LogP contribution < -0.4 is 14.8 Å². The van der Waals surface area contributed by atoms with Gasteiger partial charge in [0, 0.05) is 25.7 Å². The van der Waals surface area contributed by atoms with Gasteiger partial charge in [0.25, 0.3) is 0 Å². The molecule has 0 aliphatic carbocycles. The summed E-state index contributed by atoms with van der Waals surface area (Å²) in [5.74, 6) is 1.71. The minimum atomic E-state index is -0.409. The van der Waals surface area contributed by atoms with Crippen LogP contribution in [0.25, 0.3) is 0 Å². The molecule has 2 aromatic carbocycles. The van der Waals surface area contributed by atoms with Crippen LogP contribution in [-0.4, -0.2) is 43.8 Å². The molecule has 0 unspecified atom stereocenters. The predicted molar refractivity (Wildman–Crippen MR) is 128 cm³/mol. The van der Waals surface area contributed by atoms with Crippen molar-refractivity contribution in [1.29, 1.82) is 0 Å². The van der Waals surface area contributed by atoms with E-state index in [1.807, 2.05) is 37.9 Å². The normalized spacial score (nSPS) is 11.0. The predicted octanol–water partition coefficient (Wildman–Crippen LogP) is 3.86. The number of nitrogens with zero attached hydrogens (tertiary/aromatic N) is 2. The van der Waals surface area contributed by atoms with Crippen LogP contribution in [-0.2, 0) is 19.7 Å². The van der Waals surface area contributed by atoms with E-state index in [2.05, 4.69) is 10.3 Å². The van der Waals surface area contributed by atoms with Crippen molar-refractivity contribution in [3.05, 3.63) is 58.4 Å². The van der Waals surface area contributed by atoms with Gasteiger partial charge in [-0.05, 0) is 54.8 Å². The van der Waals surface area contributed by atoms with Gasteiger partial charge in [0.2, 0.25) is 0 Å². The molecule has 0 atom stereocenters. The molecule has 30 heavy (non-hydrogen) atoms. The number of ether oxygens (including phenoxy) is 2. The highest BCUT2D eigenvalue weighted by Crippen LogP contribution is 2.30. The quantitative estimate of drug-likeness (QED) is 0.308. The number of aliphatic hydroxyl groups is 1. The summed E-state index contributed by atoms with van der Waals surface area (Å²) in [6.45, 7) is 5.44. The number of hydrogen-bond donors (Lipinski definition) is 2. The molecule has 2 N–H and O–H groups in total. The molecule has 0 fully saturated rings. The van der Waals surface area contributed by atoms with Crippen molar-refractivity contribution in [2.45, 2.75) is 33.5 Å². The number of guanidine groups is 1. The number of aliphatic imine (C=N–C) groups is 1. The van der Waals surface area contributed by atoms with E-state index in [1.165, 1.54) is 6.07 Å². The molecule has 0 bridgehead atoms. The van der Waals surface area contributed by atoms with E-state index in [0.717, 1.165) is 29.2 Å². The number of hydrogen-bond acceptors (Lipinski definition) is 4. The minimum Gasteiger partial charge on any atom is -0.493 e. The number of methoxy groups -OCH3 is 2. The van der Waals surface area contributed by atoms with E-state index < -0.39 is 5.82 Å². The lowest BCUT2D eigenvalue weighted by Crippen LogP contribution is -2.38. The molecule has 0 aliphatic heterocycles. The van der Waals surface area contributed by atoms with E-state index in [4.69, 9.17) is 9.47 Å². The Morgan fingerprint density at radius 3 is 2.40 bits per heavy atom. The van der Waals surface area contributed by atoms with Crippen LogP contribution in [0.4, 0.5) is 4.39 Å². The third-order valence-electron chi connectivity index (χ3n) is 4.64. The minimum absolute atomic E-state index is 0. The van der Waals surface area contributed by atoms with Gasteiger partial charge in [0.05, 0.1) is 27.4 Å². The molecule has 2 aromatic rings. The van der Waals surface area contributed by atoms with Crippen molar-refractivity contribution in [3.63, 3.8) is 0 Å². The fourth-order valence-corrected chi connectivity index (χ4v) is 3.01. The van der Waals surface area contributed by atoms with E-state index in [0.29, 0.717) is 24.6 Å². The van der Waals surface area contributed by atoms with E-state index in [9.17, 15) is 9.50 Å². The Morgan fingerprint density at radius 1 is 1.13 bits per heavy atom. The first-order valence-corrected chi connectivity index (χ1v) is 9.52. The van der Waals surface area contributed by atoms with Crippen LogP contribution in [0.1, 0.15) is 29.2 Å². The smallest absolute Gasteiger partial charge is 0.194 e. The van der Waals surface area contributed by atoms with Crippen LogP contribution in [0, 0.1) is 12.7 Å². The Kier molecular flexibility index (Phi) is 10.9. The summed E-state index contributed by atoms with van der Waals surface area (Å²) in [6, 6.07) is 8.61. The molecule has 0 aromatic heterocycles. The molecule has 6 nitrogen and oxygen atoms in total. The number of halogens is 2. The summed E-state index contributed by atoms with van der Waals surface area (Å²) in [6.07, 6.45) is 0. The summed E-state index contributed by atoms with van der Waals surface area (Å²) in [5, 5.41) is 12.5. The Hall–Kier alpha value is -2.07. The van der Waals surface area contributed by atoms with Gasteiger partial charge >= 0.3 is 0 Å². The molecule has 2 rings (SSSR count). The Morgan fingerprint density at radius 2 is 1.80 bits per heavy atom. The molecule has 0 radical (unpaired) electrons. The number of benzene rings is 2. The first-order valence-electron chi connectivity index (χ1n) is 9.52. The molecule has 0 saturated carbocycles. The second-order valence-corrected chi connectivity index (χ2v) is 6.74. The summed E-state index contributed by atoms with van der Waals surface area (Å²) < 4.78 is 24.4. The van der Waals surface area contributed by atoms with Crippen LogP contribution in [0.2, 0.25) is 0 Å². The summed E-state index contributed by atoms with van der Waals surface area (Å²) in [4.78, 5) is 6.68. The largest absolute Gasteiger partial charge is 0.493 e. The first kappa shape index (κ1) is 26.0. The maximum absolute atomic E-state index is 13.6.